The van der Waals surface area contributed by atoms with Gasteiger partial charge in [-0.25, -0.2) is 4.98 Å². The van der Waals surface area contributed by atoms with E-state index in [1.54, 1.807) is 24.5 Å². The molecule has 0 saturated heterocycles. The summed E-state index contributed by atoms with van der Waals surface area (Å²) in [6, 6.07) is 17.0. The molecule has 0 saturated carbocycles. The van der Waals surface area contributed by atoms with Crippen molar-refractivity contribution in [3.05, 3.63) is 67.0 Å². The molecule has 4 nitrogen and oxygen atoms in total. The molecule has 3 aromatic rings. The summed E-state index contributed by atoms with van der Waals surface area (Å²) < 4.78 is 5.64. The second-order valence-corrected chi connectivity index (χ2v) is 4.27. The maximum Gasteiger partial charge on any atom is 0.219 e. The van der Waals surface area contributed by atoms with Crippen molar-refractivity contribution in [2.45, 2.75) is 0 Å². The van der Waals surface area contributed by atoms with Crippen LogP contribution in [-0.2, 0) is 0 Å². The number of nitrogens with two attached hydrogens (primary N) is 1. The Morgan fingerprint density at radius 1 is 0.850 bits per heavy atom. The highest BCUT2D eigenvalue weighted by Crippen LogP contribution is 2.23. The van der Waals surface area contributed by atoms with Crippen LogP contribution in [0.4, 0.5) is 5.69 Å². The Kier molecular flexibility index (Phi) is 3.29. The molecular weight excluding hydrogens is 250 g/mol. The molecular formula is C16H13N3O. The number of pyridine rings is 2. The van der Waals surface area contributed by atoms with Crippen molar-refractivity contribution < 1.29 is 4.74 Å². The summed E-state index contributed by atoms with van der Waals surface area (Å²) >= 11 is 0. The van der Waals surface area contributed by atoms with Crippen LogP contribution in [-0.4, -0.2) is 9.97 Å². The Morgan fingerprint density at radius 2 is 1.70 bits per heavy atom. The van der Waals surface area contributed by atoms with Gasteiger partial charge in [-0.3, -0.25) is 4.98 Å². The Morgan fingerprint density at radius 3 is 2.35 bits per heavy atom. The zero-order chi connectivity index (χ0) is 13.8. The second kappa shape index (κ2) is 5.40. The summed E-state index contributed by atoms with van der Waals surface area (Å²) in [5, 5.41) is 0. The highest BCUT2D eigenvalue weighted by molar-refractivity contribution is 5.59. The average Bonchev–Trinajstić information content (AvgIpc) is 2.51. The van der Waals surface area contributed by atoms with E-state index in [0.29, 0.717) is 11.6 Å². The van der Waals surface area contributed by atoms with Gasteiger partial charge in [0.15, 0.2) is 0 Å². The maximum atomic E-state index is 5.64. The molecule has 0 bridgehead atoms. The van der Waals surface area contributed by atoms with E-state index >= 15 is 0 Å². The maximum absolute atomic E-state index is 5.64. The van der Waals surface area contributed by atoms with E-state index in [2.05, 4.69) is 9.97 Å². The summed E-state index contributed by atoms with van der Waals surface area (Å²) in [5.41, 5.74) is 8.17. The minimum absolute atomic E-state index is 0.518. The van der Waals surface area contributed by atoms with Crippen LogP contribution < -0.4 is 10.5 Å². The fourth-order valence-electron chi connectivity index (χ4n) is 1.80. The molecule has 0 aliphatic heterocycles. The van der Waals surface area contributed by atoms with E-state index in [1.807, 2.05) is 42.5 Å². The number of rotatable bonds is 3. The minimum atomic E-state index is 0.518. The fourth-order valence-corrected chi connectivity index (χ4v) is 1.80. The number of hydrogen-bond acceptors (Lipinski definition) is 4. The first-order valence-electron chi connectivity index (χ1n) is 6.22. The van der Waals surface area contributed by atoms with Gasteiger partial charge in [0.25, 0.3) is 0 Å². The van der Waals surface area contributed by atoms with Gasteiger partial charge in [0, 0.05) is 17.8 Å². The lowest BCUT2D eigenvalue weighted by Crippen LogP contribution is -1.90. The van der Waals surface area contributed by atoms with Crippen molar-refractivity contribution in [3.8, 4) is 22.9 Å². The van der Waals surface area contributed by atoms with Crippen molar-refractivity contribution in [2.75, 3.05) is 5.73 Å². The summed E-state index contributed by atoms with van der Waals surface area (Å²) in [4.78, 5) is 8.40. The smallest absolute Gasteiger partial charge is 0.219 e. The van der Waals surface area contributed by atoms with Gasteiger partial charge in [-0.05, 0) is 42.5 Å². The number of anilines is 1. The molecule has 0 atom stereocenters. The van der Waals surface area contributed by atoms with E-state index in [9.17, 15) is 0 Å². The van der Waals surface area contributed by atoms with Crippen molar-refractivity contribution in [2.24, 2.45) is 0 Å². The van der Waals surface area contributed by atoms with E-state index in [-0.39, 0.29) is 0 Å². The third kappa shape index (κ3) is 2.75. The lowest BCUT2D eigenvalue weighted by Gasteiger charge is -2.06. The summed E-state index contributed by atoms with van der Waals surface area (Å²) in [7, 11) is 0. The molecule has 2 N–H and O–H groups in total. The predicted octanol–water partition coefficient (Wildman–Crippen LogP) is 3.52. The van der Waals surface area contributed by atoms with Gasteiger partial charge in [0.2, 0.25) is 5.88 Å². The third-order valence-corrected chi connectivity index (χ3v) is 2.80. The van der Waals surface area contributed by atoms with E-state index in [4.69, 9.17) is 10.5 Å². The van der Waals surface area contributed by atoms with Crippen molar-refractivity contribution in [3.63, 3.8) is 0 Å². The number of ether oxygens (including phenoxy) is 1. The molecule has 0 amide bonds. The van der Waals surface area contributed by atoms with Gasteiger partial charge in [-0.15, -0.1) is 0 Å². The molecule has 2 heterocycles. The first kappa shape index (κ1) is 12.2. The van der Waals surface area contributed by atoms with Crippen molar-refractivity contribution in [1.82, 2.24) is 9.97 Å². The van der Waals surface area contributed by atoms with Crippen LogP contribution in [0.2, 0.25) is 0 Å². The number of nitrogen functional groups attached to an aromatic ring is 1. The third-order valence-electron chi connectivity index (χ3n) is 2.80. The molecule has 0 unspecified atom stereocenters. The van der Waals surface area contributed by atoms with Gasteiger partial charge in [0.1, 0.15) is 5.75 Å². The van der Waals surface area contributed by atoms with Gasteiger partial charge in [-0.1, -0.05) is 6.07 Å². The molecule has 2 aromatic heterocycles. The topological polar surface area (TPSA) is 61.0 Å². The van der Waals surface area contributed by atoms with E-state index in [0.717, 1.165) is 17.0 Å². The molecule has 0 aliphatic carbocycles. The van der Waals surface area contributed by atoms with Gasteiger partial charge < -0.3 is 10.5 Å². The van der Waals surface area contributed by atoms with Crippen LogP contribution >= 0.6 is 0 Å². The first-order valence-corrected chi connectivity index (χ1v) is 6.22. The van der Waals surface area contributed by atoms with Crippen LogP contribution in [0.25, 0.3) is 11.3 Å². The van der Waals surface area contributed by atoms with E-state index < -0.39 is 0 Å². The monoisotopic (exact) mass is 263 g/mol. The van der Waals surface area contributed by atoms with Crippen molar-refractivity contribution in [1.29, 1.82) is 0 Å². The zero-order valence-electron chi connectivity index (χ0n) is 10.7. The Balaban J connectivity index is 1.78. The van der Waals surface area contributed by atoms with Crippen LogP contribution in [0.15, 0.2) is 67.0 Å². The number of aromatic nitrogens is 2. The molecule has 0 fully saturated rings. The molecule has 0 spiro atoms. The van der Waals surface area contributed by atoms with Gasteiger partial charge >= 0.3 is 0 Å². The summed E-state index contributed by atoms with van der Waals surface area (Å²) in [5.74, 6) is 1.24. The predicted molar refractivity (Wildman–Crippen MR) is 78.4 cm³/mol. The molecule has 0 aliphatic rings. The standard InChI is InChI=1S/C16H13N3O/c17-13-6-9-16(19-11-13)20-14-7-4-12(5-8-14)15-3-1-2-10-18-15/h1-11H,17H2. The van der Waals surface area contributed by atoms with Gasteiger partial charge in [0.05, 0.1) is 17.6 Å². The van der Waals surface area contributed by atoms with Crippen LogP contribution in [0.5, 0.6) is 11.6 Å². The summed E-state index contributed by atoms with van der Waals surface area (Å²) in [6.45, 7) is 0. The lowest BCUT2D eigenvalue weighted by molar-refractivity contribution is 0.463. The minimum Gasteiger partial charge on any atom is -0.439 e. The number of benzene rings is 1. The largest absolute Gasteiger partial charge is 0.439 e. The first-order chi connectivity index (χ1) is 9.81. The Hall–Kier alpha value is -2.88. The average molecular weight is 263 g/mol. The van der Waals surface area contributed by atoms with Crippen LogP contribution in [0.1, 0.15) is 0 Å². The molecule has 3 rings (SSSR count). The highest BCUT2D eigenvalue weighted by atomic mass is 16.5. The van der Waals surface area contributed by atoms with Crippen LogP contribution in [0, 0.1) is 0 Å². The highest BCUT2D eigenvalue weighted by Gasteiger charge is 2.01. The molecule has 98 valence electrons. The second-order valence-electron chi connectivity index (χ2n) is 4.27. The quantitative estimate of drug-likeness (QED) is 0.785. The summed E-state index contributed by atoms with van der Waals surface area (Å²) in [6.07, 6.45) is 3.34. The SMILES string of the molecule is Nc1ccc(Oc2ccc(-c3ccccn3)cc2)nc1. The molecule has 4 heteroatoms. The molecule has 1 aromatic carbocycles. The molecule has 0 radical (unpaired) electrons. The zero-order valence-corrected chi connectivity index (χ0v) is 10.7. The fraction of sp³-hybridized carbons (Fsp3) is 0. The normalized spacial score (nSPS) is 10.2. The van der Waals surface area contributed by atoms with Gasteiger partial charge in [-0.2, -0.15) is 0 Å². The lowest BCUT2D eigenvalue weighted by atomic mass is 10.1. The van der Waals surface area contributed by atoms with E-state index in [1.165, 1.54) is 0 Å². The number of hydrogen-bond donors (Lipinski definition) is 1. The molecule has 20 heavy (non-hydrogen) atoms. The Bertz CT molecular complexity index is 679. The van der Waals surface area contributed by atoms with Crippen molar-refractivity contribution >= 4 is 5.69 Å². The Labute approximate surface area is 116 Å². The number of nitrogens with zero attached hydrogens (tertiary/aromatic N) is 2. The van der Waals surface area contributed by atoms with Crippen LogP contribution in [0.3, 0.4) is 0 Å².